The lowest BCUT2D eigenvalue weighted by atomic mass is 9.96. The Balaban J connectivity index is 0.000000248. The minimum absolute atomic E-state index is 0.0505. The summed E-state index contributed by atoms with van der Waals surface area (Å²) in [7, 11) is 5.52. The van der Waals surface area contributed by atoms with Gasteiger partial charge in [-0.1, -0.05) is 50.2 Å². The Bertz CT molecular complexity index is 1420. The van der Waals surface area contributed by atoms with Crippen molar-refractivity contribution in [3.8, 4) is 11.5 Å². The van der Waals surface area contributed by atoms with Crippen LogP contribution in [-0.2, 0) is 16.1 Å². The van der Waals surface area contributed by atoms with Crippen LogP contribution in [0.25, 0.3) is 10.8 Å². The summed E-state index contributed by atoms with van der Waals surface area (Å²) in [4.78, 5) is 33.7. The van der Waals surface area contributed by atoms with E-state index in [1.807, 2.05) is 75.3 Å². The number of benzene rings is 3. The quantitative estimate of drug-likeness (QED) is 0.294. The lowest BCUT2D eigenvalue weighted by molar-refractivity contribution is -0.128. The molecule has 6 rings (SSSR count). The number of amides is 3. The number of nitrogens with two attached hydrogens (primary N) is 1. The van der Waals surface area contributed by atoms with E-state index in [9.17, 15) is 14.7 Å². The summed E-state index contributed by atoms with van der Waals surface area (Å²) in [6, 6.07) is 16.8. The lowest BCUT2D eigenvalue weighted by Gasteiger charge is -2.28. The van der Waals surface area contributed by atoms with E-state index in [1.54, 1.807) is 24.1 Å². The van der Waals surface area contributed by atoms with Crippen molar-refractivity contribution in [3.05, 3.63) is 65.7 Å². The van der Waals surface area contributed by atoms with E-state index in [4.69, 9.17) is 15.2 Å². The van der Waals surface area contributed by atoms with Crippen LogP contribution in [-0.4, -0.2) is 103 Å². The molecule has 0 aromatic heterocycles. The van der Waals surface area contributed by atoms with E-state index in [1.165, 1.54) is 4.90 Å². The molecule has 3 aliphatic heterocycles. The lowest BCUT2D eigenvalue weighted by Crippen LogP contribution is -2.43. The molecule has 3 fully saturated rings. The number of phenols is 1. The largest absolute Gasteiger partial charge is 0.504 e. The van der Waals surface area contributed by atoms with Gasteiger partial charge in [-0.15, -0.1) is 0 Å². The number of hydrogen-bond acceptors (Lipinski definition) is 8. The fourth-order valence-corrected chi connectivity index (χ4v) is 6.15. The zero-order valence-corrected chi connectivity index (χ0v) is 26.7. The predicted molar refractivity (Wildman–Crippen MR) is 174 cm³/mol. The van der Waals surface area contributed by atoms with Crippen LogP contribution in [0.1, 0.15) is 43.9 Å². The average Bonchev–Trinajstić information content (AvgIpc) is 3.57. The molecule has 3 aliphatic rings. The summed E-state index contributed by atoms with van der Waals surface area (Å²) >= 11 is 0. The third-order valence-electron chi connectivity index (χ3n) is 8.22. The number of carbonyl (C=O) groups is 2. The van der Waals surface area contributed by atoms with Crippen LogP contribution >= 0.6 is 0 Å². The van der Waals surface area contributed by atoms with Crippen molar-refractivity contribution in [2.24, 2.45) is 0 Å². The fraction of sp³-hybridized carbons (Fsp3) is 0.471. The molecule has 3 heterocycles. The number of ether oxygens (including phenoxy) is 2. The van der Waals surface area contributed by atoms with Gasteiger partial charge in [0.15, 0.2) is 11.5 Å². The van der Waals surface area contributed by atoms with Crippen LogP contribution in [0.5, 0.6) is 11.5 Å². The van der Waals surface area contributed by atoms with E-state index in [2.05, 4.69) is 4.90 Å². The predicted octanol–water partition coefficient (Wildman–Crippen LogP) is 4.71. The summed E-state index contributed by atoms with van der Waals surface area (Å²) in [5, 5.41) is 11.5. The number of nitrogen functional groups attached to an aromatic ring is 1. The molecule has 3 N–H and O–H groups in total. The van der Waals surface area contributed by atoms with Crippen LogP contribution in [0.4, 0.5) is 10.5 Å². The van der Waals surface area contributed by atoms with E-state index in [0.29, 0.717) is 38.5 Å². The maximum atomic E-state index is 13.2. The van der Waals surface area contributed by atoms with E-state index >= 15 is 0 Å². The number of hydrogen-bond donors (Lipinski definition) is 2. The van der Waals surface area contributed by atoms with Crippen molar-refractivity contribution in [3.63, 3.8) is 0 Å². The zero-order chi connectivity index (χ0) is 31.8. The van der Waals surface area contributed by atoms with Crippen molar-refractivity contribution >= 4 is 28.4 Å². The summed E-state index contributed by atoms with van der Waals surface area (Å²) < 4.78 is 10.3. The second kappa shape index (κ2) is 15.2. The van der Waals surface area contributed by atoms with Crippen molar-refractivity contribution in [2.75, 3.05) is 66.3 Å². The normalized spacial score (nSPS) is 19.9. The molecule has 3 aromatic rings. The number of methoxy groups -OCH3 is 1. The summed E-state index contributed by atoms with van der Waals surface area (Å²) in [5.74, 6) is 0.662. The highest BCUT2D eigenvalue weighted by molar-refractivity contribution is 6.05. The van der Waals surface area contributed by atoms with Gasteiger partial charge in [0.05, 0.1) is 26.4 Å². The van der Waals surface area contributed by atoms with Crippen LogP contribution < -0.4 is 10.5 Å². The molecule has 0 saturated carbocycles. The topological polar surface area (TPSA) is 112 Å². The molecule has 2 unspecified atom stereocenters. The van der Waals surface area contributed by atoms with Gasteiger partial charge in [-0.3, -0.25) is 14.6 Å². The number of carbonyl (C=O) groups excluding carboxylic acids is 2. The minimum atomic E-state index is -0.339. The van der Waals surface area contributed by atoms with Gasteiger partial charge < -0.3 is 30.1 Å². The molecule has 0 spiro atoms. The summed E-state index contributed by atoms with van der Waals surface area (Å²) in [6.07, 6.45) is 1.51. The smallest absolute Gasteiger partial charge is 0.328 e. The minimum Gasteiger partial charge on any atom is -0.504 e. The third-order valence-corrected chi connectivity index (χ3v) is 8.22. The number of fused-ring (bicyclic) bond motifs is 2. The van der Waals surface area contributed by atoms with Gasteiger partial charge in [0, 0.05) is 43.8 Å². The SMILES string of the molecule is CC.COc1ccc(CN(C)C)cc1O.Nc1ccc(C2CCC3C(=O)N(CCN4CCOCC4)C(=O)N32)c2ccccc12. The average molecular weight is 606 g/mol. The molecule has 44 heavy (non-hydrogen) atoms. The third kappa shape index (κ3) is 7.26. The van der Waals surface area contributed by atoms with E-state index in [0.717, 1.165) is 53.6 Å². The zero-order valence-electron chi connectivity index (χ0n) is 26.7. The molecule has 10 nitrogen and oxygen atoms in total. The number of nitrogens with zero attached hydrogens (tertiary/aromatic N) is 4. The Morgan fingerprint density at radius 3 is 2.30 bits per heavy atom. The van der Waals surface area contributed by atoms with Gasteiger partial charge in [0.1, 0.15) is 6.04 Å². The molecule has 0 bridgehead atoms. The van der Waals surface area contributed by atoms with Crippen LogP contribution in [0.15, 0.2) is 54.6 Å². The molecular formula is C34H47N5O5. The number of rotatable bonds is 7. The molecule has 3 aromatic carbocycles. The second-order valence-electron chi connectivity index (χ2n) is 11.3. The van der Waals surface area contributed by atoms with E-state index in [-0.39, 0.29) is 29.8 Å². The summed E-state index contributed by atoms with van der Waals surface area (Å²) in [5.41, 5.74) is 9.04. The Kier molecular flexibility index (Phi) is 11.4. The molecule has 3 saturated heterocycles. The summed E-state index contributed by atoms with van der Waals surface area (Å²) in [6.45, 7) is 9.09. The van der Waals surface area contributed by atoms with Gasteiger partial charge >= 0.3 is 6.03 Å². The molecular weight excluding hydrogens is 558 g/mol. The maximum Gasteiger partial charge on any atom is 0.328 e. The molecule has 238 valence electrons. The first kappa shape index (κ1) is 33.0. The van der Waals surface area contributed by atoms with Crippen molar-refractivity contribution in [1.29, 1.82) is 0 Å². The Labute approximate surface area is 260 Å². The van der Waals surface area contributed by atoms with Crippen LogP contribution in [0.3, 0.4) is 0 Å². The maximum absolute atomic E-state index is 13.2. The van der Waals surface area contributed by atoms with Crippen molar-refractivity contribution < 1.29 is 24.2 Å². The number of urea groups is 1. The van der Waals surface area contributed by atoms with Gasteiger partial charge in [0.2, 0.25) is 0 Å². The molecule has 10 heteroatoms. The number of phenolic OH excluding ortho intramolecular Hbond substituents is 1. The van der Waals surface area contributed by atoms with E-state index < -0.39 is 0 Å². The fourth-order valence-electron chi connectivity index (χ4n) is 6.15. The molecule has 3 amide bonds. The first-order valence-corrected chi connectivity index (χ1v) is 15.5. The monoisotopic (exact) mass is 605 g/mol. The second-order valence-corrected chi connectivity index (χ2v) is 11.3. The first-order valence-electron chi connectivity index (χ1n) is 15.5. The number of aromatic hydroxyl groups is 1. The number of anilines is 1. The Hall–Kier alpha value is -3.86. The van der Waals surface area contributed by atoms with Crippen molar-refractivity contribution in [2.45, 2.75) is 45.3 Å². The Morgan fingerprint density at radius 1 is 0.955 bits per heavy atom. The van der Waals surface area contributed by atoms with Gasteiger partial charge in [-0.25, -0.2) is 4.79 Å². The van der Waals surface area contributed by atoms with Crippen LogP contribution in [0.2, 0.25) is 0 Å². The van der Waals surface area contributed by atoms with Gasteiger partial charge in [-0.05, 0) is 61.6 Å². The van der Waals surface area contributed by atoms with Crippen LogP contribution in [0, 0.1) is 0 Å². The molecule has 2 atom stereocenters. The highest BCUT2D eigenvalue weighted by atomic mass is 16.5. The first-order chi connectivity index (χ1) is 21.3. The number of imide groups is 1. The molecule has 0 aliphatic carbocycles. The standard InChI is InChI=1S/C22H26N4O3.C10H15NO2.C2H6/c23-18-6-5-17(15-3-1-2-4-16(15)18)19-7-8-20-21(27)25(22(28)26(19)20)10-9-24-11-13-29-14-12-24;1-11(2)7-8-4-5-10(13-3)9(12)6-8;1-2/h1-6,19-20H,7-14,23H2;4-6,12H,7H2,1-3H3;1-2H3. The Morgan fingerprint density at radius 2 is 1.64 bits per heavy atom. The van der Waals surface area contributed by atoms with Gasteiger partial charge in [-0.2, -0.15) is 0 Å². The van der Waals surface area contributed by atoms with Gasteiger partial charge in [0.25, 0.3) is 5.91 Å². The molecule has 0 radical (unpaired) electrons. The highest BCUT2D eigenvalue weighted by Gasteiger charge is 2.52. The van der Waals surface area contributed by atoms with Crippen molar-refractivity contribution in [1.82, 2.24) is 19.6 Å². The number of morpholine rings is 1. The highest BCUT2D eigenvalue weighted by Crippen LogP contribution is 2.43.